The lowest BCUT2D eigenvalue weighted by atomic mass is 10.1. The van der Waals surface area contributed by atoms with Crippen LogP contribution in [-0.2, 0) is 13.0 Å². The highest BCUT2D eigenvalue weighted by Gasteiger charge is 2.20. The summed E-state index contributed by atoms with van der Waals surface area (Å²) in [6, 6.07) is 16.5. The third kappa shape index (κ3) is 4.09. The van der Waals surface area contributed by atoms with Crippen molar-refractivity contribution >= 4 is 11.8 Å². The molecule has 5 heteroatoms. The summed E-state index contributed by atoms with van der Waals surface area (Å²) in [6.45, 7) is 4.95. The van der Waals surface area contributed by atoms with Crippen molar-refractivity contribution in [3.05, 3.63) is 71.9 Å². The highest BCUT2D eigenvalue weighted by Crippen LogP contribution is 2.35. The number of aromatic nitrogens is 3. The fourth-order valence-electron chi connectivity index (χ4n) is 2.63. The lowest BCUT2D eigenvalue weighted by molar-refractivity contribution is 0.679. The first-order valence-electron chi connectivity index (χ1n) is 8.27. The van der Waals surface area contributed by atoms with Gasteiger partial charge in [0.1, 0.15) is 10.9 Å². The molecular formula is C20H20N4S. The molecule has 126 valence electrons. The predicted molar refractivity (Wildman–Crippen MR) is 99.5 cm³/mol. The van der Waals surface area contributed by atoms with Crippen LogP contribution in [0.1, 0.15) is 36.8 Å². The second-order valence-corrected chi connectivity index (χ2v) is 7.13. The third-order valence-corrected chi connectivity index (χ3v) is 4.96. The van der Waals surface area contributed by atoms with Crippen molar-refractivity contribution in [1.29, 1.82) is 5.26 Å². The Morgan fingerprint density at radius 2 is 1.96 bits per heavy atom. The van der Waals surface area contributed by atoms with Gasteiger partial charge in [-0.3, -0.25) is 4.98 Å². The van der Waals surface area contributed by atoms with E-state index in [0.717, 1.165) is 22.1 Å². The minimum absolute atomic E-state index is 0.291. The van der Waals surface area contributed by atoms with Gasteiger partial charge in [0.25, 0.3) is 0 Å². The number of rotatable bonds is 6. The number of imidazole rings is 1. The van der Waals surface area contributed by atoms with Crippen LogP contribution in [0.5, 0.6) is 0 Å². The first kappa shape index (κ1) is 17.2. The molecule has 0 amide bonds. The quantitative estimate of drug-likeness (QED) is 0.650. The minimum atomic E-state index is 0.291. The van der Waals surface area contributed by atoms with Gasteiger partial charge in [-0.15, -0.1) is 0 Å². The lowest BCUT2D eigenvalue weighted by Crippen LogP contribution is -2.06. The molecule has 0 atom stereocenters. The first-order chi connectivity index (χ1) is 12.2. The molecule has 2 heterocycles. The van der Waals surface area contributed by atoms with E-state index in [1.54, 1.807) is 18.0 Å². The zero-order valence-electron chi connectivity index (χ0n) is 14.4. The second kappa shape index (κ2) is 8.00. The Morgan fingerprint density at radius 3 is 2.60 bits per heavy atom. The topological polar surface area (TPSA) is 54.5 Å². The Kier molecular flexibility index (Phi) is 5.52. The van der Waals surface area contributed by atoms with Gasteiger partial charge in [-0.25, -0.2) is 4.98 Å². The summed E-state index contributed by atoms with van der Waals surface area (Å²) in [5, 5.41) is 10.3. The summed E-state index contributed by atoms with van der Waals surface area (Å²) < 4.78 is 2.16. The molecule has 0 N–H and O–H groups in total. The Morgan fingerprint density at radius 1 is 1.16 bits per heavy atom. The van der Waals surface area contributed by atoms with Crippen LogP contribution < -0.4 is 0 Å². The van der Waals surface area contributed by atoms with E-state index in [0.29, 0.717) is 18.9 Å². The van der Waals surface area contributed by atoms with E-state index < -0.39 is 0 Å². The Bertz CT molecular complexity index is 864. The molecule has 0 aliphatic heterocycles. The van der Waals surface area contributed by atoms with Crippen molar-refractivity contribution in [3.63, 3.8) is 0 Å². The zero-order chi connectivity index (χ0) is 17.6. The number of benzene rings is 1. The molecule has 4 nitrogen and oxygen atoms in total. The van der Waals surface area contributed by atoms with Crippen LogP contribution in [-0.4, -0.2) is 14.5 Å². The Balaban J connectivity index is 2.07. The van der Waals surface area contributed by atoms with E-state index in [1.807, 2.05) is 30.5 Å². The number of hydrogen-bond donors (Lipinski definition) is 0. The van der Waals surface area contributed by atoms with Gasteiger partial charge in [-0.2, -0.15) is 5.26 Å². The normalized spacial score (nSPS) is 10.8. The van der Waals surface area contributed by atoms with E-state index in [2.05, 4.69) is 47.7 Å². The van der Waals surface area contributed by atoms with Gasteiger partial charge in [0.2, 0.25) is 0 Å². The van der Waals surface area contributed by atoms with Crippen LogP contribution in [0.3, 0.4) is 0 Å². The molecule has 0 unspecified atom stereocenters. The monoisotopic (exact) mass is 348 g/mol. The van der Waals surface area contributed by atoms with Crippen molar-refractivity contribution < 1.29 is 0 Å². The molecule has 0 saturated heterocycles. The summed E-state index contributed by atoms with van der Waals surface area (Å²) in [5.41, 5.74) is 2.15. The smallest absolute Gasteiger partial charge is 0.124 e. The van der Waals surface area contributed by atoms with Gasteiger partial charge in [0.05, 0.1) is 24.7 Å². The molecular weight excluding hydrogens is 328 g/mol. The fraction of sp³-hybridized carbons (Fsp3) is 0.250. The van der Waals surface area contributed by atoms with Crippen molar-refractivity contribution in [2.24, 2.45) is 0 Å². The summed E-state index contributed by atoms with van der Waals surface area (Å²) in [5.74, 6) is 1.10. The van der Waals surface area contributed by atoms with E-state index >= 15 is 0 Å². The second-order valence-electron chi connectivity index (χ2n) is 6.07. The number of pyridine rings is 1. The fourth-order valence-corrected chi connectivity index (χ4v) is 3.81. The maximum Gasteiger partial charge on any atom is 0.124 e. The molecule has 2 aromatic heterocycles. The molecule has 3 aromatic rings. The summed E-state index contributed by atoms with van der Waals surface area (Å²) in [6.07, 6.45) is 3.93. The molecule has 0 spiro atoms. The van der Waals surface area contributed by atoms with E-state index in [4.69, 9.17) is 4.98 Å². The van der Waals surface area contributed by atoms with Crippen LogP contribution in [0.15, 0.2) is 64.8 Å². The Hall–Kier alpha value is -2.58. The number of hydrogen-bond acceptors (Lipinski definition) is 4. The van der Waals surface area contributed by atoms with Crippen molar-refractivity contribution in [1.82, 2.24) is 14.5 Å². The van der Waals surface area contributed by atoms with Crippen molar-refractivity contribution in [3.8, 4) is 6.07 Å². The molecule has 0 fully saturated rings. The molecule has 0 bridgehead atoms. The van der Waals surface area contributed by atoms with Gasteiger partial charge in [-0.1, -0.05) is 49.9 Å². The van der Waals surface area contributed by atoms with E-state index in [1.165, 1.54) is 4.90 Å². The highest BCUT2D eigenvalue weighted by molar-refractivity contribution is 7.99. The molecule has 0 aliphatic carbocycles. The van der Waals surface area contributed by atoms with Gasteiger partial charge in [0, 0.05) is 17.3 Å². The third-order valence-electron chi connectivity index (χ3n) is 3.83. The lowest BCUT2D eigenvalue weighted by Gasteiger charge is -2.12. The average Bonchev–Trinajstić information content (AvgIpc) is 2.95. The van der Waals surface area contributed by atoms with Crippen LogP contribution in [0.4, 0.5) is 0 Å². The SMILES string of the molecule is CC(C)c1nc(CC#N)n(Cc2cccnc2)c1Sc1ccccc1. The van der Waals surface area contributed by atoms with E-state index in [9.17, 15) is 5.26 Å². The summed E-state index contributed by atoms with van der Waals surface area (Å²) >= 11 is 1.71. The average molecular weight is 348 g/mol. The van der Waals surface area contributed by atoms with Crippen molar-refractivity contribution in [2.45, 2.75) is 42.7 Å². The highest BCUT2D eigenvalue weighted by atomic mass is 32.2. The van der Waals surface area contributed by atoms with Gasteiger partial charge in [-0.05, 0) is 29.7 Å². The molecule has 1 aromatic carbocycles. The summed E-state index contributed by atoms with van der Waals surface area (Å²) in [4.78, 5) is 10.2. The van der Waals surface area contributed by atoms with Crippen molar-refractivity contribution in [2.75, 3.05) is 0 Å². The largest absolute Gasteiger partial charge is 0.317 e. The molecule has 0 aliphatic rings. The number of nitrogens with zero attached hydrogens (tertiary/aromatic N) is 4. The van der Waals surface area contributed by atoms with Crippen LogP contribution in [0, 0.1) is 11.3 Å². The predicted octanol–water partition coefficient (Wildman–Crippen LogP) is 4.67. The molecule has 0 radical (unpaired) electrons. The zero-order valence-corrected chi connectivity index (χ0v) is 15.2. The molecule has 0 saturated carbocycles. The standard InChI is InChI=1S/C20H20N4S/c1-15(2)19-20(25-17-8-4-3-5-9-17)24(18(23-19)10-11-21)14-16-7-6-12-22-13-16/h3-9,12-13,15H,10,14H2,1-2H3. The maximum absolute atomic E-state index is 9.22. The van der Waals surface area contributed by atoms with Gasteiger partial charge < -0.3 is 4.57 Å². The molecule has 3 rings (SSSR count). The maximum atomic E-state index is 9.22. The van der Waals surface area contributed by atoms with E-state index in [-0.39, 0.29) is 0 Å². The Labute approximate surface area is 152 Å². The first-order valence-corrected chi connectivity index (χ1v) is 9.08. The molecule has 25 heavy (non-hydrogen) atoms. The number of nitriles is 1. The minimum Gasteiger partial charge on any atom is -0.317 e. The van der Waals surface area contributed by atoms with Gasteiger partial charge in [0.15, 0.2) is 0 Å². The van der Waals surface area contributed by atoms with Crippen LogP contribution >= 0.6 is 11.8 Å². The van der Waals surface area contributed by atoms with Crippen LogP contribution in [0.25, 0.3) is 0 Å². The summed E-state index contributed by atoms with van der Waals surface area (Å²) in [7, 11) is 0. The van der Waals surface area contributed by atoms with Gasteiger partial charge >= 0.3 is 0 Å². The van der Waals surface area contributed by atoms with Crippen LogP contribution in [0.2, 0.25) is 0 Å².